The molecule has 1 aliphatic heterocycles. The number of nitrogens with zero attached hydrogens (tertiary/aromatic N) is 4. The molecule has 1 amide bonds. The second kappa shape index (κ2) is 8.44. The molecule has 0 aliphatic carbocycles. The van der Waals surface area contributed by atoms with Gasteiger partial charge in [0, 0.05) is 30.9 Å². The van der Waals surface area contributed by atoms with Gasteiger partial charge in [0.25, 0.3) is 0 Å². The van der Waals surface area contributed by atoms with Gasteiger partial charge in [-0.05, 0) is 12.8 Å². The van der Waals surface area contributed by atoms with E-state index in [2.05, 4.69) is 30.2 Å². The van der Waals surface area contributed by atoms with Gasteiger partial charge in [-0.25, -0.2) is 15.0 Å². The Kier molecular flexibility index (Phi) is 5.55. The molecule has 3 aromatic rings. The van der Waals surface area contributed by atoms with Crippen LogP contribution in [0.4, 0.5) is 11.5 Å². The van der Waals surface area contributed by atoms with Gasteiger partial charge in [0.1, 0.15) is 11.8 Å². The lowest BCUT2D eigenvalue weighted by atomic mass is 9.97. The van der Waals surface area contributed by atoms with E-state index in [-0.39, 0.29) is 11.8 Å². The topological polar surface area (TPSA) is 114 Å². The van der Waals surface area contributed by atoms with Crippen LogP contribution in [-0.4, -0.2) is 60.3 Å². The van der Waals surface area contributed by atoms with E-state index < -0.39 is 0 Å². The summed E-state index contributed by atoms with van der Waals surface area (Å²) in [4.78, 5) is 31.0. The summed E-state index contributed by atoms with van der Waals surface area (Å²) in [7, 11) is 4.62. The van der Waals surface area contributed by atoms with Crippen LogP contribution < -0.4 is 24.4 Å². The van der Waals surface area contributed by atoms with Gasteiger partial charge in [-0.2, -0.15) is 0 Å². The first-order chi connectivity index (χ1) is 14.6. The van der Waals surface area contributed by atoms with Crippen molar-refractivity contribution in [2.75, 3.05) is 44.6 Å². The van der Waals surface area contributed by atoms with E-state index in [0.717, 1.165) is 30.7 Å². The van der Waals surface area contributed by atoms with Crippen molar-refractivity contribution in [1.29, 1.82) is 0 Å². The number of nitrogens with one attached hydrogen (secondary N) is 2. The van der Waals surface area contributed by atoms with Crippen LogP contribution in [-0.2, 0) is 4.79 Å². The second-order valence-corrected chi connectivity index (χ2v) is 6.99. The van der Waals surface area contributed by atoms with Crippen LogP contribution >= 0.6 is 0 Å². The van der Waals surface area contributed by atoms with Crippen molar-refractivity contribution >= 4 is 28.6 Å². The van der Waals surface area contributed by atoms with E-state index in [0.29, 0.717) is 35.1 Å². The molecule has 1 aromatic carbocycles. The number of H-pyrrole nitrogens is 1. The number of piperidine rings is 1. The average molecular weight is 412 g/mol. The smallest absolute Gasteiger partial charge is 0.229 e. The maximum Gasteiger partial charge on any atom is 0.229 e. The Labute approximate surface area is 173 Å². The lowest BCUT2D eigenvalue weighted by Gasteiger charge is -2.32. The van der Waals surface area contributed by atoms with Gasteiger partial charge in [0.2, 0.25) is 11.7 Å². The molecule has 0 radical (unpaired) electrons. The molecule has 1 atom stereocenters. The van der Waals surface area contributed by atoms with Crippen LogP contribution in [0, 0.1) is 5.92 Å². The van der Waals surface area contributed by atoms with Gasteiger partial charge >= 0.3 is 0 Å². The van der Waals surface area contributed by atoms with Crippen LogP contribution in [0.25, 0.3) is 11.2 Å². The number of hydrogen-bond acceptors (Lipinski definition) is 8. The average Bonchev–Trinajstić information content (AvgIpc) is 3.27. The number of amides is 1. The minimum absolute atomic E-state index is 0.0658. The number of imidazole rings is 1. The zero-order chi connectivity index (χ0) is 21.1. The Morgan fingerprint density at radius 3 is 2.60 bits per heavy atom. The first-order valence-electron chi connectivity index (χ1n) is 9.64. The quantitative estimate of drug-likeness (QED) is 0.633. The van der Waals surface area contributed by atoms with E-state index in [1.807, 2.05) is 0 Å². The Morgan fingerprint density at radius 1 is 1.13 bits per heavy atom. The van der Waals surface area contributed by atoms with Crippen LogP contribution in [0.3, 0.4) is 0 Å². The van der Waals surface area contributed by atoms with Crippen LogP contribution in [0.2, 0.25) is 0 Å². The summed E-state index contributed by atoms with van der Waals surface area (Å²) in [6.45, 7) is 1.38. The number of aromatic amines is 1. The summed E-state index contributed by atoms with van der Waals surface area (Å²) < 4.78 is 16.1. The number of ether oxygens (including phenoxy) is 3. The third-order valence-electron chi connectivity index (χ3n) is 5.23. The first-order valence-corrected chi connectivity index (χ1v) is 9.64. The molecule has 1 fully saturated rings. The maximum absolute atomic E-state index is 13.0. The molecule has 158 valence electrons. The van der Waals surface area contributed by atoms with Crippen molar-refractivity contribution in [3.05, 3.63) is 24.8 Å². The molecule has 4 rings (SSSR count). The number of fused-ring (bicyclic) bond motifs is 1. The Balaban J connectivity index is 1.52. The van der Waals surface area contributed by atoms with E-state index in [1.54, 1.807) is 39.8 Å². The molecule has 1 aliphatic rings. The van der Waals surface area contributed by atoms with Crippen LogP contribution in [0.5, 0.6) is 17.2 Å². The Bertz CT molecular complexity index is 1030. The fraction of sp³-hybridized carbons (Fsp3) is 0.400. The molecule has 3 heterocycles. The largest absolute Gasteiger partial charge is 0.493 e. The number of aromatic nitrogens is 4. The van der Waals surface area contributed by atoms with Crippen molar-refractivity contribution < 1.29 is 19.0 Å². The zero-order valence-electron chi connectivity index (χ0n) is 17.1. The number of anilines is 2. The standard InChI is InChI=1S/C20H24N6O4/c1-28-14-7-13(8-15(29-2)17(14)30-3)25-20(27)12-5-4-6-26(9-12)19-16-18(22-10-21-16)23-11-24-19/h7-8,10-12H,4-6,9H2,1-3H3,(H,25,27)(H,21,22,23,24). The fourth-order valence-corrected chi connectivity index (χ4v) is 3.77. The zero-order valence-corrected chi connectivity index (χ0v) is 17.1. The Morgan fingerprint density at radius 2 is 1.90 bits per heavy atom. The number of rotatable bonds is 6. The predicted octanol–water partition coefficient (Wildman–Crippen LogP) is 2.23. The fourth-order valence-electron chi connectivity index (χ4n) is 3.77. The molecule has 10 nitrogen and oxygen atoms in total. The number of carbonyl (C=O) groups excluding carboxylic acids is 1. The molecular formula is C20H24N6O4. The molecule has 2 N–H and O–H groups in total. The summed E-state index contributed by atoms with van der Waals surface area (Å²) >= 11 is 0. The second-order valence-electron chi connectivity index (χ2n) is 6.99. The van der Waals surface area contributed by atoms with Gasteiger partial charge < -0.3 is 29.4 Å². The highest BCUT2D eigenvalue weighted by Crippen LogP contribution is 2.40. The highest BCUT2D eigenvalue weighted by atomic mass is 16.5. The Hall–Kier alpha value is -3.56. The summed E-state index contributed by atoms with van der Waals surface area (Å²) in [6, 6.07) is 3.44. The lowest BCUT2D eigenvalue weighted by Crippen LogP contribution is -2.41. The number of carbonyl (C=O) groups is 1. The van der Waals surface area contributed by atoms with Gasteiger partial charge in [-0.1, -0.05) is 0 Å². The monoisotopic (exact) mass is 412 g/mol. The number of hydrogen-bond donors (Lipinski definition) is 2. The summed E-state index contributed by atoms with van der Waals surface area (Å²) in [5.74, 6) is 1.96. The van der Waals surface area contributed by atoms with Gasteiger partial charge in [-0.3, -0.25) is 4.79 Å². The minimum atomic E-state index is -0.189. The van der Waals surface area contributed by atoms with Gasteiger partial charge in [0.05, 0.1) is 33.6 Å². The molecule has 30 heavy (non-hydrogen) atoms. The summed E-state index contributed by atoms with van der Waals surface area (Å²) in [6.07, 6.45) is 4.77. The summed E-state index contributed by atoms with van der Waals surface area (Å²) in [5, 5.41) is 2.98. The van der Waals surface area contributed by atoms with Crippen molar-refractivity contribution in [1.82, 2.24) is 19.9 Å². The third-order valence-corrected chi connectivity index (χ3v) is 5.23. The highest BCUT2D eigenvalue weighted by Gasteiger charge is 2.28. The van der Waals surface area contributed by atoms with E-state index in [9.17, 15) is 4.79 Å². The van der Waals surface area contributed by atoms with Gasteiger partial charge in [-0.15, -0.1) is 0 Å². The van der Waals surface area contributed by atoms with Crippen molar-refractivity contribution in [2.24, 2.45) is 5.92 Å². The van der Waals surface area contributed by atoms with Crippen molar-refractivity contribution in [3.8, 4) is 17.2 Å². The van der Waals surface area contributed by atoms with Crippen molar-refractivity contribution in [2.45, 2.75) is 12.8 Å². The lowest BCUT2D eigenvalue weighted by molar-refractivity contribution is -0.120. The van der Waals surface area contributed by atoms with E-state index >= 15 is 0 Å². The van der Waals surface area contributed by atoms with Gasteiger partial charge in [0.15, 0.2) is 23.0 Å². The SMILES string of the molecule is COc1cc(NC(=O)C2CCCN(c3ncnc4nc[nH]c34)C2)cc(OC)c1OC. The van der Waals surface area contributed by atoms with Crippen molar-refractivity contribution in [3.63, 3.8) is 0 Å². The number of methoxy groups -OCH3 is 3. The number of benzene rings is 1. The molecule has 0 saturated carbocycles. The molecule has 1 saturated heterocycles. The van der Waals surface area contributed by atoms with E-state index in [1.165, 1.54) is 6.33 Å². The molecule has 1 unspecified atom stereocenters. The molecule has 2 aromatic heterocycles. The first kappa shape index (κ1) is 19.7. The van der Waals surface area contributed by atoms with Crippen LogP contribution in [0.15, 0.2) is 24.8 Å². The maximum atomic E-state index is 13.0. The normalized spacial score (nSPS) is 16.4. The third kappa shape index (κ3) is 3.68. The molecular weight excluding hydrogens is 388 g/mol. The summed E-state index contributed by atoms with van der Waals surface area (Å²) in [5.41, 5.74) is 1.98. The molecule has 0 bridgehead atoms. The van der Waals surface area contributed by atoms with E-state index in [4.69, 9.17) is 14.2 Å². The predicted molar refractivity (Wildman–Crippen MR) is 111 cm³/mol. The molecule has 0 spiro atoms. The van der Waals surface area contributed by atoms with Crippen LogP contribution in [0.1, 0.15) is 12.8 Å². The minimum Gasteiger partial charge on any atom is -0.493 e. The highest BCUT2D eigenvalue weighted by molar-refractivity contribution is 5.94. The molecule has 10 heteroatoms.